The number of aromatic nitrogens is 3. The van der Waals surface area contributed by atoms with Crippen LogP contribution in [0.4, 0.5) is 5.69 Å². The quantitative estimate of drug-likeness (QED) is 0.328. The van der Waals surface area contributed by atoms with E-state index in [2.05, 4.69) is 27.6 Å². The highest BCUT2D eigenvalue weighted by molar-refractivity contribution is 7.99. The smallest absolute Gasteiger partial charge is 0.234 e. The maximum absolute atomic E-state index is 12.5. The van der Waals surface area contributed by atoms with Gasteiger partial charge in [-0.2, -0.15) is 0 Å². The molecule has 0 fully saturated rings. The second-order valence-corrected chi connectivity index (χ2v) is 8.58. The van der Waals surface area contributed by atoms with Crippen molar-refractivity contribution in [1.82, 2.24) is 14.8 Å². The summed E-state index contributed by atoms with van der Waals surface area (Å²) in [6, 6.07) is 25.2. The minimum absolute atomic E-state index is 0.134. The van der Waals surface area contributed by atoms with Crippen molar-refractivity contribution in [3.63, 3.8) is 0 Å². The van der Waals surface area contributed by atoms with Crippen molar-refractivity contribution in [1.29, 1.82) is 0 Å². The molecule has 0 unspecified atom stereocenters. The molecule has 0 radical (unpaired) electrons. The van der Waals surface area contributed by atoms with Gasteiger partial charge in [0.2, 0.25) is 5.91 Å². The topological polar surface area (TPSA) is 78.3 Å². The molecular weight excluding hydrogens is 448 g/mol. The minimum Gasteiger partial charge on any atom is -0.497 e. The van der Waals surface area contributed by atoms with Crippen molar-refractivity contribution in [2.24, 2.45) is 0 Å². The molecule has 0 spiro atoms. The summed E-state index contributed by atoms with van der Waals surface area (Å²) in [6.45, 7) is 2.90. The molecule has 4 aromatic rings. The van der Waals surface area contributed by atoms with Crippen LogP contribution in [0.3, 0.4) is 0 Å². The molecule has 0 bridgehead atoms. The SMILES string of the molecule is COc1cccc(NC(=O)CSc2nnc(COc3ccc(C)cc3)n2Cc2ccccc2)c1. The van der Waals surface area contributed by atoms with E-state index in [1.54, 1.807) is 13.2 Å². The van der Waals surface area contributed by atoms with E-state index in [1.807, 2.05) is 72.2 Å². The van der Waals surface area contributed by atoms with Crippen molar-refractivity contribution in [2.45, 2.75) is 25.2 Å². The van der Waals surface area contributed by atoms with E-state index in [4.69, 9.17) is 9.47 Å². The molecule has 0 saturated heterocycles. The molecule has 1 amide bonds. The van der Waals surface area contributed by atoms with Crippen LogP contribution in [0.1, 0.15) is 17.0 Å². The lowest BCUT2D eigenvalue weighted by Gasteiger charge is -2.12. The third-order valence-electron chi connectivity index (χ3n) is 5.05. The normalized spacial score (nSPS) is 10.6. The molecule has 8 heteroatoms. The van der Waals surface area contributed by atoms with Crippen molar-refractivity contribution < 1.29 is 14.3 Å². The lowest BCUT2D eigenvalue weighted by Crippen LogP contribution is -2.15. The molecule has 0 saturated carbocycles. The van der Waals surface area contributed by atoms with Crippen molar-refractivity contribution in [3.8, 4) is 11.5 Å². The Kier molecular flexibility index (Phi) is 7.83. The number of aryl methyl sites for hydroxylation is 1. The third kappa shape index (κ3) is 6.39. The highest BCUT2D eigenvalue weighted by Crippen LogP contribution is 2.22. The molecular formula is C26H26N4O3S. The Morgan fingerprint density at radius 1 is 0.971 bits per heavy atom. The number of ether oxygens (including phenoxy) is 2. The van der Waals surface area contributed by atoms with E-state index < -0.39 is 0 Å². The van der Waals surface area contributed by atoms with Gasteiger partial charge in [0.15, 0.2) is 11.0 Å². The maximum atomic E-state index is 12.5. The maximum Gasteiger partial charge on any atom is 0.234 e. The van der Waals surface area contributed by atoms with Crippen LogP contribution in [-0.4, -0.2) is 33.5 Å². The van der Waals surface area contributed by atoms with Gasteiger partial charge < -0.3 is 14.8 Å². The van der Waals surface area contributed by atoms with E-state index in [0.29, 0.717) is 29.0 Å². The lowest BCUT2D eigenvalue weighted by molar-refractivity contribution is -0.113. The number of hydrogen-bond donors (Lipinski definition) is 1. The molecule has 1 N–H and O–H groups in total. The number of thioether (sulfide) groups is 1. The summed E-state index contributed by atoms with van der Waals surface area (Å²) in [5, 5.41) is 12.2. The first-order valence-electron chi connectivity index (χ1n) is 10.8. The van der Waals surface area contributed by atoms with Crippen LogP contribution in [0.15, 0.2) is 84.0 Å². The summed E-state index contributed by atoms with van der Waals surface area (Å²) in [7, 11) is 1.59. The van der Waals surface area contributed by atoms with Gasteiger partial charge in [0.1, 0.15) is 18.1 Å². The van der Waals surface area contributed by atoms with E-state index in [9.17, 15) is 4.79 Å². The number of anilines is 1. The van der Waals surface area contributed by atoms with E-state index >= 15 is 0 Å². The van der Waals surface area contributed by atoms with Crippen LogP contribution in [0.2, 0.25) is 0 Å². The molecule has 7 nitrogen and oxygen atoms in total. The molecule has 0 aliphatic rings. The summed E-state index contributed by atoms with van der Waals surface area (Å²) in [4.78, 5) is 12.5. The largest absolute Gasteiger partial charge is 0.497 e. The number of rotatable bonds is 10. The molecule has 0 aliphatic carbocycles. The van der Waals surface area contributed by atoms with Crippen molar-refractivity contribution >= 4 is 23.4 Å². The number of carbonyl (C=O) groups excluding carboxylic acids is 1. The number of carbonyl (C=O) groups is 1. The Hall–Kier alpha value is -3.78. The predicted molar refractivity (Wildman–Crippen MR) is 133 cm³/mol. The Morgan fingerprint density at radius 3 is 2.53 bits per heavy atom. The fourth-order valence-electron chi connectivity index (χ4n) is 3.27. The fourth-order valence-corrected chi connectivity index (χ4v) is 4.02. The van der Waals surface area contributed by atoms with Gasteiger partial charge in [-0.15, -0.1) is 10.2 Å². The van der Waals surface area contributed by atoms with E-state index in [1.165, 1.54) is 17.3 Å². The van der Waals surface area contributed by atoms with Crippen LogP contribution >= 0.6 is 11.8 Å². The average molecular weight is 475 g/mol. The van der Waals surface area contributed by atoms with Gasteiger partial charge in [-0.05, 0) is 36.8 Å². The van der Waals surface area contributed by atoms with Crippen molar-refractivity contribution in [3.05, 3.63) is 95.8 Å². The molecule has 0 atom stereocenters. The second kappa shape index (κ2) is 11.4. The summed E-state index contributed by atoms with van der Waals surface area (Å²) < 4.78 is 13.1. The van der Waals surface area contributed by atoms with Gasteiger partial charge in [-0.25, -0.2) is 0 Å². The summed E-state index contributed by atoms with van der Waals surface area (Å²) in [6.07, 6.45) is 0. The minimum atomic E-state index is -0.134. The molecule has 3 aromatic carbocycles. The standard InChI is InChI=1S/C26H26N4O3S/c1-19-11-13-22(14-12-19)33-17-24-28-29-26(30(24)16-20-7-4-3-5-8-20)34-18-25(31)27-21-9-6-10-23(15-21)32-2/h3-15H,16-18H2,1-2H3,(H,27,31). The average Bonchev–Trinajstić information content (AvgIpc) is 3.24. The Morgan fingerprint density at radius 2 is 1.76 bits per heavy atom. The van der Waals surface area contributed by atoms with Gasteiger partial charge in [-0.1, -0.05) is 65.9 Å². The van der Waals surface area contributed by atoms with Gasteiger partial charge in [0.25, 0.3) is 0 Å². The highest BCUT2D eigenvalue weighted by Gasteiger charge is 2.16. The highest BCUT2D eigenvalue weighted by atomic mass is 32.2. The summed E-state index contributed by atoms with van der Waals surface area (Å²) in [5.41, 5.74) is 2.97. The number of methoxy groups -OCH3 is 1. The van der Waals surface area contributed by atoms with Crippen LogP contribution < -0.4 is 14.8 Å². The molecule has 174 valence electrons. The number of nitrogens with zero attached hydrogens (tertiary/aromatic N) is 3. The van der Waals surface area contributed by atoms with E-state index in [0.717, 1.165) is 11.3 Å². The molecule has 1 aromatic heterocycles. The molecule has 4 rings (SSSR count). The van der Waals surface area contributed by atoms with Crippen LogP contribution in [0.25, 0.3) is 0 Å². The van der Waals surface area contributed by atoms with E-state index in [-0.39, 0.29) is 18.3 Å². The predicted octanol–water partition coefficient (Wildman–Crippen LogP) is 4.95. The molecule has 34 heavy (non-hydrogen) atoms. The number of amides is 1. The Balaban J connectivity index is 1.45. The van der Waals surface area contributed by atoms with Crippen LogP contribution in [0.5, 0.6) is 11.5 Å². The zero-order valence-corrected chi connectivity index (χ0v) is 19.9. The monoisotopic (exact) mass is 474 g/mol. The fraction of sp³-hybridized carbons (Fsp3) is 0.192. The molecule has 1 heterocycles. The van der Waals surface area contributed by atoms with Gasteiger partial charge >= 0.3 is 0 Å². The van der Waals surface area contributed by atoms with Gasteiger partial charge in [0, 0.05) is 11.8 Å². The lowest BCUT2D eigenvalue weighted by atomic mass is 10.2. The number of hydrogen-bond acceptors (Lipinski definition) is 6. The summed E-state index contributed by atoms with van der Waals surface area (Å²) >= 11 is 1.34. The number of benzene rings is 3. The molecule has 0 aliphatic heterocycles. The number of nitrogens with one attached hydrogen (secondary N) is 1. The third-order valence-corrected chi connectivity index (χ3v) is 6.02. The zero-order chi connectivity index (χ0) is 23.8. The van der Waals surface area contributed by atoms with Crippen molar-refractivity contribution in [2.75, 3.05) is 18.2 Å². The first kappa shape index (κ1) is 23.4. The van der Waals surface area contributed by atoms with Gasteiger partial charge in [-0.3, -0.25) is 9.36 Å². The second-order valence-electron chi connectivity index (χ2n) is 7.64. The first-order chi connectivity index (χ1) is 16.6. The Labute approximate surface area is 203 Å². The first-order valence-corrected chi connectivity index (χ1v) is 11.8. The van der Waals surface area contributed by atoms with Gasteiger partial charge in [0.05, 0.1) is 19.4 Å². The summed E-state index contributed by atoms with van der Waals surface area (Å²) in [5.74, 6) is 2.21. The van der Waals surface area contributed by atoms with Crippen LogP contribution in [0, 0.1) is 6.92 Å². The zero-order valence-electron chi connectivity index (χ0n) is 19.1. The Bertz CT molecular complexity index is 1230. The van der Waals surface area contributed by atoms with Crippen LogP contribution in [-0.2, 0) is 17.9 Å².